The summed E-state index contributed by atoms with van der Waals surface area (Å²) in [5.74, 6) is -0.559. The van der Waals surface area contributed by atoms with Crippen molar-refractivity contribution in [2.24, 2.45) is 0 Å². The van der Waals surface area contributed by atoms with Gasteiger partial charge in [-0.3, -0.25) is 13.9 Å². The molecular formula is C35H38FN3O5S. The van der Waals surface area contributed by atoms with E-state index in [4.69, 9.17) is 4.74 Å². The Kier molecular flexibility index (Phi) is 11.0. The average Bonchev–Trinajstić information content (AvgIpc) is 3.03. The van der Waals surface area contributed by atoms with E-state index >= 15 is 0 Å². The fourth-order valence-corrected chi connectivity index (χ4v) is 5.94. The van der Waals surface area contributed by atoms with Crippen molar-refractivity contribution in [3.63, 3.8) is 0 Å². The second-order valence-electron chi connectivity index (χ2n) is 10.8. The molecule has 4 aromatic carbocycles. The van der Waals surface area contributed by atoms with Crippen molar-refractivity contribution in [2.45, 2.75) is 57.6 Å². The molecule has 45 heavy (non-hydrogen) atoms. The smallest absolute Gasteiger partial charge is 0.264 e. The number of rotatable bonds is 13. The third kappa shape index (κ3) is 8.48. The standard InChI is InChI=1S/C35H38FN3O5S/c1-5-26(3)37-35(41)27(4)38(23-28-11-9-10-14-33(28)36)34(40)24-39(45(42,43)32-21-15-25(2)16-22-32)29-17-19-31(20-18-29)44-30-12-7-6-8-13-30/h6-22,26-27H,5,23-24H2,1-4H3,(H,37,41)/t26-,27+/m0/s1. The minimum Gasteiger partial charge on any atom is -0.457 e. The first-order chi connectivity index (χ1) is 21.5. The predicted molar refractivity (Wildman–Crippen MR) is 173 cm³/mol. The fourth-order valence-electron chi connectivity index (χ4n) is 4.53. The summed E-state index contributed by atoms with van der Waals surface area (Å²) < 4.78 is 49.7. The summed E-state index contributed by atoms with van der Waals surface area (Å²) in [5.41, 5.74) is 1.28. The number of halogens is 1. The highest BCUT2D eigenvalue weighted by Crippen LogP contribution is 2.29. The zero-order valence-electron chi connectivity index (χ0n) is 25.8. The van der Waals surface area contributed by atoms with Crippen LogP contribution in [0.4, 0.5) is 10.1 Å². The van der Waals surface area contributed by atoms with Crippen molar-refractivity contribution in [1.82, 2.24) is 10.2 Å². The van der Waals surface area contributed by atoms with Gasteiger partial charge in [-0.2, -0.15) is 0 Å². The second kappa shape index (κ2) is 14.9. The lowest BCUT2D eigenvalue weighted by Gasteiger charge is -2.32. The van der Waals surface area contributed by atoms with Crippen LogP contribution in [0.2, 0.25) is 0 Å². The van der Waals surface area contributed by atoms with Crippen LogP contribution in [0.5, 0.6) is 11.5 Å². The molecule has 0 heterocycles. The van der Waals surface area contributed by atoms with Gasteiger partial charge in [0.2, 0.25) is 11.8 Å². The molecule has 0 aliphatic rings. The molecule has 0 spiro atoms. The topological polar surface area (TPSA) is 96.0 Å². The molecule has 10 heteroatoms. The van der Waals surface area contributed by atoms with E-state index in [1.807, 2.05) is 39.0 Å². The number of benzene rings is 4. The van der Waals surface area contributed by atoms with Crippen LogP contribution in [0.25, 0.3) is 0 Å². The number of para-hydroxylation sites is 1. The number of nitrogens with one attached hydrogen (secondary N) is 1. The Morgan fingerprint density at radius 3 is 2.07 bits per heavy atom. The molecule has 0 saturated carbocycles. The van der Waals surface area contributed by atoms with Crippen molar-refractivity contribution in [3.05, 3.63) is 120 Å². The number of carbonyl (C=O) groups excluding carboxylic acids is 2. The van der Waals surface area contributed by atoms with E-state index in [0.29, 0.717) is 17.9 Å². The number of amides is 2. The minimum atomic E-state index is -4.25. The quantitative estimate of drug-likeness (QED) is 0.183. The van der Waals surface area contributed by atoms with Gasteiger partial charge < -0.3 is 15.0 Å². The van der Waals surface area contributed by atoms with Crippen molar-refractivity contribution in [1.29, 1.82) is 0 Å². The third-order valence-corrected chi connectivity index (χ3v) is 9.25. The Bertz CT molecular complexity index is 1700. The molecule has 2 amide bonds. The van der Waals surface area contributed by atoms with E-state index in [0.717, 1.165) is 9.87 Å². The number of hydrogen-bond donors (Lipinski definition) is 1. The van der Waals surface area contributed by atoms with Crippen molar-refractivity contribution < 1.29 is 27.1 Å². The summed E-state index contributed by atoms with van der Waals surface area (Å²) in [5, 5.41) is 2.87. The van der Waals surface area contributed by atoms with Gasteiger partial charge in [-0.25, -0.2) is 12.8 Å². The van der Waals surface area contributed by atoms with E-state index in [1.165, 1.54) is 35.2 Å². The van der Waals surface area contributed by atoms with Gasteiger partial charge in [0.25, 0.3) is 10.0 Å². The summed E-state index contributed by atoms with van der Waals surface area (Å²) in [6, 6.07) is 26.6. The maximum absolute atomic E-state index is 14.8. The van der Waals surface area contributed by atoms with Crippen molar-refractivity contribution >= 4 is 27.5 Å². The molecule has 0 aliphatic heterocycles. The maximum atomic E-state index is 14.8. The van der Waals surface area contributed by atoms with E-state index in [2.05, 4.69) is 5.32 Å². The molecule has 0 saturated heterocycles. The minimum absolute atomic E-state index is 0.00581. The Labute approximate surface area is 264 Å². The SMILES string of the molecule is CC[C@H](C)NC(=O)[C@@H](C)N(Cc1ccccc1F)C(=O)CN(c1ccc(Oc2ccccc2)cc1)S(=O)(=O)c1ccc(C)cc1. The van der Waals surface area contributed by atoms with Crippen LogP contribution in [-0.4, -0.2) is 43.8 Å². The van der Waals surface area contributed by atoms with Crippen molar-refractivity contribution in [2.75, 3.05) is 10.8 Å². The zero-order chi connectivity index (χ0) is 32.6. The molecule has 236 valence electrons. The highest BCUT2D eigenvalue weighted by atomic mass is 32.2. The number of sulfonamides is 1. The summed E-state index contributed by atoms with van der Waals surface area (Å²) in [4.78, 5) is 28.5. The fraction of sp³-hybridized carbons (Fsp3) is 0.257. The van der Waals surface area contributed by atoms with Crippen LogP contribution in [0, 0.1) is 12.7 Å². The summed E-state index contributed by atoms with van der Waals surface area (Å²) in [7, 11) is -4.25. The van der Waals surface area contributed by atoms with Gasteiger partial charge in [0.15, 0.2) is 0 Å². The monoisotopic (exact) mass is 631 g/mol. The molecule has 0 aliphatic carbocycles. The normalized spacial score (nSPS) is 12.6. The molecule has 1 N–H and O–H groups in total. The number of nitrogens with zero attached hydrogens (tertiary/aromatic N) is 2. The van der Waals surface area contributed by atoms with Crippen LogP contribution >= 0.6 is 0 Å². The molecule has 4 aromatic rings. The second-order valence-corrected chi connectivity index (χ2v) is 12.7. The van der Waals surface area contributed by atoms with Crippen molar-refractivity contribution in [3.8, 4) is 11.5 Å². The lowest BCUT2D eigenvalue weighted by atomic mass is 10.1. The van der Waals surface area contributed by atoms with Crippen LogP contribution in [-0.2, 0) is 26.2 Å². The first-order valence-corrected chi connectivity index (χ1v) is 16.2. The van der Waals surface area contributed by atoms with Gasteiger partial charge in [-0.15, -0.1) is 0 Å². The van der Waals surface area contributed by atoms with E-state index in [9.17, 15) is 22.4 Å². The number of aryl methyl sites for hydroxylation is 1. The molecule has 8 nitrogen and oxygen atoms in total. The molecule has 0 radical (unpaired) electrons. The number of ether oxygens (including phenoxy) is 1. The molecule has 0 fully saturated rings. The van der Waals surface area contributed by atoms with Gasteiger partial charge in [-0.1, -0.05) is 61.0 Å². The predicted octanol–water partition coefficient (Wildman–Crippen LogP) is 6.45. The van der Waals surface area contributed by atoms with E-state index in [-0.39, 0.29) is 28.7 Å². The molecule has 4 rings (SSSR count). The van der Waals surface area contributed by atoms with Gasteiger partial charge in [-0.05, 0) is 81.8 Å². The van der Waals surface area contributed by atoms with Gasteiger partial charge >= 0.3 is 0 Å². The van der Waals surface area contributed by atoms with Crippen LogP contribution in [0.3, 0.4) is 0 Å². The Hall–Kier alpha value is -4.70. The van der Waals surface area contributed by atoms with E-state index in [1.54, 1.807) is 61.5 Å². The number of carbonyl (C=O) groups is 2. The van der Waals surface area contributed by atoms with Crippen LogP contribution < -0.4 is 14.4 Å². The Morgan fingerprint density at radius 1 is 0.844 bits per heavy atom. The van der Waals surface area contributed by atoms with E-state index < -0.39 is 40.2 Å². The van der Waals surface area contributed by atoms with Gasteiger partial charge in [0.05, 0.1) is 10.6 Å². The zero-order valence-corrected chi connectivity index (χ0v) is 26.6. The first kappa shape index (κ1) is 33.2. The molecule has 0 unspecified atom stereocenters. The lowest BCUT2D eigenvalue weighted by molar-refractivity contribution is -0.139. The molecular weight excluding hydrogens is 593 g/mol. The highest BCUT2D eigenvalue weighted by molar-refractivity contribution is 7.92. The molecule has 0 aromatic heterocycles. The van der Waals surface area contributed by atoms with Gasteiger partial charge in [0, 0.05) is 18.2 Å². The van der Waals surface area contributed by atoms with Crippen LogP contribution in [0.15, 0.2) is 108 Å². The Balaban J connectivity index is 1.71. The molecule has 0 bridgehead atoms. The lowest BCUT2D eigenvalue weighted by Crippen LogP contribution is -2.52. The van der Waals surface area contributed by atoms with Gasteiger partial charge in [0.1, 0.15) is 29.9 Å². The summed E-state index contributed by atoms with van der Waals surface area (Å²) >= 11 is 0. The maximum Gasteiger partial charge on any atom is 0.264 e. The number of anilines is 1. The average molecular weight is 632 g/mol. The first-order valence-electron chi connectivity index (χ1n) is 14.7. The van der Waals surface area contributed by atoms with Crippen LogP contribution in [0.1, 0.15) is 38.3 Å². The highest BCUT2D eigenvalue weighted by Gasteiger charge is 2.33. The largest absolute Gasteiger partial charge is 0.457 e. The summed E-state index contributed by atoms with van der Waals surface area (Å²) in [6.45, 7) is 6.28. The molecule has 2 atom stereocenters. The number of hydrogen-bond acceptors (Lipinski definition) is 5. The third-order valence-electron chi connectivity index (χ3n) is 7.46. The Morgan fingerprint density at radius 2 is 1.44 bits per heavy atom. The summed E-state index contributed by atoms with van der Waals surface area (Å²) in [6.07, 6.45) is 0.673.